The monoisotopic (exact) mass is 236 g/mol. The number of rotatable bonds is 6. The van der Waals surface area contributed by atoms with Gasteiger partial charge in [-0.05, 0) is 38.5 Å². The van der Waals surface area contributed by atoms with Crippen LogP contribution in [0, 0.1) is 22.7 Å². The lowest BCUT2D eigenvalue weighted by Crippen LogP contribution is -2.47. The van der Waals surface area contributed by atoms with Gasteiger partial charge in [0.15, 0.2) is 0 Å². The smallest absolute Gasteiger partial charge is 0.240 e. The van der Waals surface area contributed by atoms with Crippen molar-refractivity contribution in [2.45, 2.75) is 65.3 Å². The molecule has 17 heavy (non-hydrogen) atoms. The number of carbonyl (C=O) groups is 1. The second-order valence-electron chi connectivity index (χ2n) is 5.75. The first-order valence-electron chi connectivity index (χ1n) is 6.72. The van der Waals surface area contributed by atoms with Crippen LogP contribution in [0.5, 0.6) is 0 Å². The van der Waals surface area contributed by atoms with Crippen LogP contribution < -0.4 is 5.32 Å². The van der Waals surface area contributed by atoms with Gasteiger partial charge >= 0.3 is 0 Å². The van der Waals surface area contributed by atoms with E-state index in [1.54, 1.807) is 0 Å². The first-order chi connectivity index (χ1) is 8.00. The number of carbonyl (C=O) groups excluding carboxylic acids is 1. The molecule has 0 aromatic carbocycles. The first-order valence-corrected chi connectivity index (χ1v) is 6.72. The molecule has 0 spiro atoms. The maximum absolute atomic E-state index is 12.0. The zero-order valence-electron chi connectivity index (χ0n) is 11.3. The van der Waals surface area contributed by atoms with Gasteiger partial charge in [0.25, 0.3) is 0 Å². The highest BCUT2D eigenvalue weighted by Crippen LogP contribution is 2.40. The number of hydrogen-bond donors (Lipinski definition) is 1. The van der Waals surface area contributed by atoms with Gasteiger partial charge in [-0.2, -0.15) is 5.26 Å². The summed E-state index contributed by atoms with van der Waals surface area (Å²) >= 11 is 0. The molecule has 96 valence electrons. The molecule has 1 aliphatic carbocycles. The van der Waals surface area contributed by atoms with Crippen LogP contribution in [0.4, 0.5) is 0 Å². The molecule has 1 amide bonds. The molecule has 0 aromatic rings. The molecule has 1 fully saturated rings. The molecule has 1 atom stereocenters. The maximum atomic E-state index is 12.0. The molecule has 3 nitrogen and oxygen atoms in total. The predicted octanol–water partition coefficient (Wildman–Crippen LogP) is 3.01. The number of amides is 1. The zero-order valence-corrected chi connectivity index (χ0v) is 11.3. The van der Waals surface area contributed by atoms with Crippen LogP contribution >= 0.6 is 0 Å². The minimum absolute atomic E-state index is 0.0525. The largest absolute Gasteiger partial charge is 0.352 e. The van der Waals surface area contributed by atoms with Crippen molar-refractivity contribution in [2.24, 2.45) is 11.3 Å². The van der Waals surface area contributed by atoms with Crippen molar-refractivity contribution in [1.29, 1.82) is 5.26 Å². The average Bonchev–Trinajstić information content (AvgIpc) is 2.15. The van der Waals surface area contributed by atoms with E-state index in [9.17, 15) is 4.79 Å². The Kier molecular flexibility index (Phi) is 4.99. The van der Waals surface area contributed by atoms with E-state index in [-0.39, 0.29) is 11.9 Å². The minimum atomic E-state index is -0.702. The maximum Gasteiger partial charge on any atom is 0.240 e. The molecule has 0 saturated heterocycles. The summed E-state index contributed by atoms with van der Waals surface area (Å²) in [5.41, 5.74) is -0.702. The standard InChI is InChI=1S/C14H24N2O/c1-11(2)6-4-7-12(3)16-13(17)14(10-15)8-5-9-14/h11-12H,4-9H2,1-3H3,(H,16,17). The third-order valence-electron chi connectivity index (χ3n) is 3.65. The van der Waals surface area contributed by atoms with E-state index in [4.69, 9.17) is 5.26 Å². The molecular formula is C14H24N2O. The van der Waals surface area contributed by atoms with Crippen LogP contribution in [0.2, 0.25) is 0 Å². The van der Waals surface area contributed by atoms with E-state index in [1.807, 2.05) is 6.92 Å². The Labute approximate surface area is 105 Å². The second-order valence-corrected chi connectivity index (χ2v) is 5.75. The highest BCUT2D eigenvalue weighted by atomic mass is 16.2. The van der Waals surface area contributed by atoms with Gasteiger partial charge in [-0.1, -0.05) is 26.7 Å². The third kappa shape index (κ3) is 3.73. The van der Waals surface area contributed by atoms with E-state index in [0.717, 1.165) is 38.0 Å². The molecule has 0 aliphatic heterocycles. The van der Waals surface area contributed by atoms with Gasteiger partial charge in [-0.3, -0.25) is 4.79 Å². The molecule has 0 aromatic heterocycles. The quantitative estimate of drug-likeness (QED) is 0.770. The highest BCUT2D eigenvalue weighted by Gasteiger charge is 2.44. The lowest BCUT2D eigenvalue weighted by atomic mass is 9.69. The summed E-state index contributed by atoms with van der Waals surface area (Å²) in [7, 11) is 0. The fourth-order valence-electron chi connectivity index (χ4n) is 2.19. The summed E-state index contributed by atoms with van der Waals surface area (Å²) in [5.74, 6) is 0.665. The van der Waals surface area contributed by atoms with E-state index in [0.29, 0.717) is 0 Å². The number of nitrogens with zero attached hydrogens (tertiary/aromatic N) is 1. The molecule has 1 saturated carbocycles. The van der Waals surface area contributed by atoms with Crippen molar-refractivity contribution in [1.82, 2.24) is 5.32 Å². The topological polar surface area (TPSA) is 52.9 Å². The van der Waals surface area contributed by atoms with Crippen LogP contribution in [0.25, 0.3) is 0 Å². The molecule has 1 N–H and O–H groups in total. The van der Waals surface area contributed by atoms with Gasteiger partial charge in [0.2, 0.25) is 5.91 Å². The van der Waals surface area contributed by atoms with Crippen LogP contribution in [0.3, 0.4) is 0 Å². The number of nitriles is 1. The Bertz CT molecular complexity index is 300. The normalized spacial score (nSPS) is 19.2. The van der Waals surface area contributed by atoms with Crippen molar-refractivity contribution in [3.63, 3.8) is 0 Å². The fraction of sp³-hybridized carbons (Fsp3) is 0.857. The molecular weight excluding hydrogens is 212 g/mol. The first kappa shape index (κ1) is 14.0. The van der Waals surface area contributed by atoms with Crippen molar-refractivity contribution >= 4 is 5.91 Å². The van der Waals surface area contributed by atoms with Crippen molar-refractivity contribution < 1.29 is 4.79 Å². The Morgan fingerprint density at radius 1 is 1.35 bits per heavy atom. The van der Waals surface area contributed by atoms with Gasteiger partial charge in [-0.25, -0.2) is 0 Å². The average molecular weight is 236 g/mol. The van der Waals surface area contributed by atoms with Gasteiger partial charge < -0.3 is 5.32 Å². The lowest BCUT2D eigenvalue weighted by Gasteiger charge is -2.34. The summed E-state index contributed by atoms with van der Waals surface area (Å²) in [5, 5.41) is 12.0. The number of hydrogen-bond acceptors (Lipinski definition) is 2. The molecule has 0 radical (unpaired) electrons. The highest BCUT2D eigenvalue weighted by molar-refractivity contribution is 5.86. The van der Waals surface area contributed by atoms with Crippen LogP contribution in [-0.4, -0.2) is 11.9 Å². The number of nitrogens with one attached hydrogen (secondary N) is 1. The summed E-state index contributed by atoms with van der Waals surface area (Å²) < 4.78 is 0. The minimum Gasteiger partial charge on any atom is -0.352 e. The zero-order chi connectivity index (χ0) is 12.9. The third-order valence-corrected chi connectivity index (χ3v) is 3.65. The van der Waals surface area contributed by atoms with Gasteiger partial charge in [-0.15, -0.1) is 0 Å². The van der Waals surface area contributed by atoms with E-state index in [1.165, 1.54) is 6.42 Å². The van der Waals surface area contributed by atoms with Crippen molar-refractivity contribution in [2.75, 3.05) is 0 Å². The van der Waals surface area contributed by atoms with Crippen LogP contribution in [0.1, 0.15) is 59.3 Å². The molecule has 3 heteroatoms. The Morgan fingerprint density at radius 3 is 2.41 bits per heavy atom. The summed E-state index contributed by atoms with van der Waals surface area (Å²) in [6, 6.07) is 2.37. The Morgan fingerprint density at radius 2 is 2.00 bits per heavy atom. The van der Waals surface area contributed by atoms with E-state index in [2.05, 4.69) is 25.2 Å². The van der Waals surface area contributed by atoms with Gasteiger partial charge in [0.05, 0.1) is 6.07 Å². The SMILES string of the molecule is CC(C)CCCC(C)NC(=O)C1(C#N)CCC1. The van der Waals surface area contributed by atoms with Crippen LogP contribution in [0.15, 0.2) is 0 Å². The molecule has 0 bridgehead atoms. The lowest BCUT2D eigenvalue weighted by molar-refractivity contribution is -0.132. The summed E-state index contributed by atoms with van der Waals surface area (Å²) in [6.45, 7) is 6.45. The molecule has 1 aliphatic rings. The second kappa shape index (κ2) is 6.05. The molecule has 1 rings (SSSR count). The van der Waals surface area contributed by atoms with Crippen molar-refractivity contribution in [3.05, 3.63) is 0 Å². The summed E-state index contributed by atoms with van der Waals surface area (Å²) in [4.78, 5) is 12.0. The molecule has 1 unspecified atom stereocenters. The fourth-order valence-corrected chi connectivity index (χ4v) is 2.19. The van der Waals surface area contributed by atoms with E-state index >= 15 is 0 Å². The van der Waals surface area contributed by atoms with Crippen molar-refractivity contribution in [3.8, 4) is 6.07 Å². The Balaban J connectivity index is 2.29. The Hall–Kier alpha value is -1.04. The predicted molar refractivity (Wildman–Crippen MR) is 68.2 cm³/mol. The van der Waals surface area contributed by atoms with E-state index < -0.39 is 5.41 Å². The summed E-state index contributed by atoms with van der Waals surface area (Å²) in [6.07, 6.45) is 5.80. The van der Waals surface area contributed by atoms with Crippen LogP contribution in [-0.2, 0) is 4.79 Å². The van der Waals surface area contributed by atoms with Gasteiger partial charge in [0.1, 0.15) is 5.41 Å². The molecule has 0 heterocycles. The van der Waals surface area contributed by atoms with Gasteiger partial charge in [0, 0.05) is 6.04 Å².